The minimum atomic E-state index is -0.945. The van der Waals surface area contributed by atoms with Gasteiger partial charge in [0.25, 0.3) is 5.91 Å². The molecule has 1 aliphatic heterocycles. The Labute approximate surface area is 300 Å². The van der Waals surface area contributed by atoms with Crippen LogP contribution in [0.25, 0.3) is 0 Å². The van der Waals surface area contributed by atoms with Gasteiger partial charge in [0.05, 0.1) is 12.0 Å². The van der Waals surface area contributed by atoms with Crippen LogP contribution in [0.5, 0.6) is 0 Å². The Kier molecular flexibility index (Phi) is 15.8. The van der Waals surface area contributed by atoms with Crippen LogP contribution in [-0.4, -0.2) is 82.4 Å². The highest BCUT2D eigenvalue weighted by molar-refractivity contribution is 7.09. The monoisotopic (exact) mass is 713 g/mol. The SMILES string of the molecule is CC[C@H](C)[C@H](NC(=O)[C@H]1CCCCN1C)C(=O)N[C@@H](C[C@H](OC(C)=O)c1nc(C(=O)N[C@@H](Cc2ccccc2)C[C@H](C)C(=O)O)cs1)C(C)C. The van der Waals surface area contributed by atoms with E-state index >= 15 is 0 Å². The molecule has 0 saturated carbocycles. The minimum Gasteiger partial charge on any atom is -0.481 e. The average molecular weight is 714 g/mol. The van der Waals surface area contributed by atoms with Crippen LogP contribution in [0.4, 0.5) is 0 Å². The molecule has 4 N–H and O–H groups in total. The molecule has 3 amide bonds. The van der Waals surface area contributed by atoms with E-state index in [9.17, 15) is 29.1 Å². The van der Waals surface area contributed by atoms with E-state index in [-0.39, 0.29) is 48.2 Å². The normalized spacial score (nSPS) is 18.6. The number of aliphatic carboxylic acids is 1. The molecule has 12 nitrogen and oxygen atoms in total. The molecule has 0 aliphatic carbocycles. The number of likely N-dealkylation sites (N-methyl/N-ethyl adjacent to an activating group) is 1. The summed E-state index contributed by atoms with van der Waals surface area (Å²) in [4.78, 5) is 70.9. The summed E-state index contributed by atoms with van der Waals surface area (Å²) in [5.74, 6) is -3.24. The van der Waals surface area contributed by atoms with Crippen molar-refractivity contribution in [1.82, 2.24) is 25.8 Å². The number of amides is 3. The molecule has 0 spiro atoms. The Bertz CT molecular complexity index is 1430. The van der Waals surface area contributed by atoms with E-state index in [1.165, 1.54) is 18.3 Å². The van der Waals surface area contributed by atoms with Gasteiger partial charge in [-0.3, -0.25) is 28.9 Å². The number of carboxylic acid groups (broad SMARTS) is 1. The molecule has 50 heavy (non-hydrogen) atoms. The second kappa shape index (κ2) is 19.5. The van der Waals surface area contributed by atoms with Gasteiger partial charge in [-0.1, -0.05) is 77.8 Å². The molecule has 0 radical (unpaired) electrons. The molecule has 276 valence electrons. The number of aromatic nitrogens is 1. The second-order valence-electron chi connectivity index (χ2n) is 14.0. The van der Waals surface area contributed by atoms with Crippen molar-refractivity contribution in [3.05, 3.63) is 52.0 Å². The summed E-state index contributed by atoms with van der Waals surface area (Å²) in [6.45, 7) is 11.6. The smallest absolute Gasteiger partial charge is 0.306 e. The Morgan fingerprint density at radius 1 is 1.02 bits per heavy atom. The molecule has 0 unspecified atom stereocenters. The lowest BCUT2D eigenvalue weighted by Gasteiger charge is -2.34. The Morgan fingerprint density at radius 3 is 2.32 bits per heavy atom. The standard InChI is InChI=1S/C37H55N5O7S/c1-8-23(4)32(41-34(45)30-16-12-13-17-42(30)7)35(46)39-28(22(2)3)20-31(49-25(6)43)36-40-29(21-50-36)33(44)38-27(18-24(5)37(47)48)19-26-14-10-9-11-15-26/h9-11,14-15,21-24,27-28,30-32H,8,12-13,16-20H2,1-7H3,(H,38,44)(H,39,46)(H,41,45)(H,47,48)/t23-,24-,27+,28-,30+,31-,32-/m0/s1. The van der Waals surface area contributed by atoms with E-state index in [0.717, 1.165) is 31.4 Å². The number of carboxylic acids is 1. The lowest BCUT2D eigenvalue weighted by molar-refractivity contribution is -0.147. The van der Waals surface area contributed by atoms with Gasteiger partial charge in [0.15, 0.2) is 6.10 Å². The molecule has 1 fully saturated rings. The zero-order chi connectivity index (χ0) is 37.0. The summed E-state index contributed by atoms with van der Waals surface area (Å²) in [5, 5.41) is 20.6. The van der Waals surface area contributed by atoms with E-state index in [1.54, 1.807) is 12.3 Å². The fourth-order valence-electron chi connectivity index (χ4n) is 6.18. The lowest BCUT2D eigenvalue weighted by atomic mass is 9.94. The maximum absolute atomic E-state index is 13.8. The first kappa shape index (κ1) is 40.6. The van der Waals surface area contributed by atoms with Crippen LogP contribution in [0.3, 0.4) is 0 Å². The first-order valence-electron chi connectivity index (χ1n) is 17.7. The molecule has 1 saturated heterocycles. The molecule has 7 atom stereocenters. The van der Waals surface area contributed by atoms with Crippen LogP contribution in [0, 0.1) is 17.8 Å². The molecule has 0 bridgehead atoms. The van der Waals surface area contributed by atoms with Crippen molar-refractivity contribution in [2.75, 3.05) is 13.6 Å². The van der Waals surface area contributed by atoms with Crippen molar-refractivity contribution >= 4 is 41.0 Å². The third-order valence-corrected chi connectivity index (χ3v) is 10.5. The van der Waals surface area contributed by atoms with Crippen molar-refractivity contribution in [1.29, 1.82) is 0 Å². The number of piperidine rings is 1. The largest absolute Gasteiger partial charge is 0.481 e. The number of esters is 1. The van der Waals surface area contributed by atoms with Gasteiger partial charge in [-0.25, -0.2) is 4.98 Å². The van der Waals surface area contributed by atoms with E-state index in [2.05, 4.69) is 20.9 Å². The molecule has 2 heterocycles. The number of nitrogens with one attached hydrogen (secondary N) is 3. The zero-order valence-electron chi connectivity index (χ0n) is 30.4. The Balaban J connectivity index is 1.76. The van der Waals surface area contributed by atoms with Crippen molar-refractivity contribution in [2.45, 2.75) is 117 Å². The van der Waals surface area contributed by atoms with Crippen molar-refractivity contribution < 1.29 is 33.8 Å². The number of hydrogen-bond donors (Lipinski definition) is 4. The average Bonchev–Trinajstić information content (AvgIpc) is 3.57. The number of carbonyl (C=O) groups is 5. The summed E-state index contributed by atoms with van der Waals surface area (Å²) < 4.78 is 5.70. The molecule has 1 aromatic carbocycles. The van der Waals surface area contributed by atoms with E-state index in [1.807, 2.05) is 70.0 Å². The summed E-state index contributed by atoms with van der Waals surface area (Å²) in [6, 6.07) is 7.61. The summed E-state index contributed by atoms with van der Waals surface area (Å²) in [5.41, 5.74) is 1.09. The van der Waals surface area contributed by atoms with E-state index in [4.69, 9.17) is 4.74 Å². The highest BCUT2D eigenvalue weighted by Gasteiger charge is 2.34. The number of thiazole rings is 1. The van der Waals surface area contributed by atoms with Crippen LogP contribution in [0.2, 0.25) is 0 Å². The van der Waals surface area contributed by atoms with E-state index in [0.29, 0.717) is 17.8 Å². The number of ether oxygens (including phenoxy) is 1. The van der Waals surface area contributed by atoms with Crippen LogP contribution in [0.15, 0.2) is 35.7 Å². The fraction of sp³-hybridized carbons (Fsp3) is 0.622. The highest BCUT2D eigenvalue weighted by Crippen LogP contribution is 2.29. The minimum absolute atomic E-state index is 0.0625. The maximum atomic E-state index is 13.8. The molecule has 1 aliphatic rings. The predicted molar refractivity (Wildman–Crippen MR) is 192 cm³/mol. The highest BCUT2D eigenvalue weighted by atomic mass is 32.1. The number of benzene rings is 1. The molecule has 1 aromatic heterocycles. The van der Waals surface area contributed by atoms with Gasteiger partial charge in [-0.05, 0) is 56.7 Å². The summed E-state index contributed by atoms with van der Waals surface area (Å²) in [7, 11) is 1.93. The third-order valence-electron chi connectivity index (χ3n) is 9.52. The zero-order valence-corrected chi connectivity index (χ0v) is 31.3. The maximum Gasteiger partial charge on any atom is 0.306 e. The van der Waals surface area contributed by atoms with Crippen molar-refractivity contribution in [3.8, 4) is 0 Å². The molecule has 2 aromatic rings. The fourth-order valence-corrected chi connectivity index (χ4v) is 7.02. The number of carbonyl (C=O) groups excluding carboxylic acids is 4. The first-order chi connectivity index (χ1) is 23.7. The topological polar surface area (TPSA) is 167 Å². The van der Waals surface area contributed by atoms with E-state index < -0.39 is 48.0 Å². The number of nitrogens with zero attached hydrogens (tertiary/aromatic N) is 2. The van der Waals surface area contributed by atoms with Crippen molar-refractivity contribution in [2.24, 2.45) is 17.8 Å². The van der Waals surface area contributed by atoms with Gasteiger partial charge >= 0.3 is 11.9 Å². The van der Waals surface area contributed by atoms with Crippen LogP contribution >= 0.6 is 11.3 Å². The first-order valence-corrected chi connectivity index (χ1v) is 18.6. The second-order valence-corrected chi connectivity index (χ2v) is 14.9. The Morgan fingerprint density at radius 2 is 1.72 bits per heavy atom. The van der Waals surface area contributed by atoms with Gasteiger partial charge < -0.3 is 25.8 Å². The Hall–Kier alpha value is -3.84. The van der Waals surface area contributed by atoms with Gasteiger partial charge in [0, 0.05) is 30.8 Å². The molecule has 13 heteroatoms. The molecular weight excluding hydrogens is 659 g/mol. The summed E-state index contributed by atoms with van der Waals surface area (Å²) in [6.07, 6.45) is 3.49. The predicted octanol–water partition coefficient (Wildman–Crippen LogP) is 4.75. The third kappa shape index (κ3) is 12.2. The van der Waals surface area contributed by atoms with Gasteiger partial charge in [-0.2, -0.15) is 0 Å². The number of hydrogen-bond acceptors (Lipinski definition) is 9. The lowest BCUT2D eigenvalue weighted by Crippen LogP contribution is -2.57. The van der Waals surface area contributed by atoms with Gasteiger partial charge in [0.1, 0.15) is 16.7 Å². The van der Waals surface area contributed by atoms with Crippen molar-refractivity contribution in [3.63, 3.8) is 0 Å². The van der Waals surface area contributed by atoms with Crippen LogP contribution in [-0.2, 0) is 30.3 Å². The molecule has 3 rings (SSSR count). The number of rotatable bonds is 18. The van der Waals surface area contributed by atoms with Gasteiger partial charge in [0.2, 0.25) is 11.8 Å². The van der Waals surface area contributed by atoms with Crippen LogP contribution in [0.1, 0.15) is 107 Å². The molecular formula is C37H55N5O7S. The van der Waals surface area contributed by atoms with Crippen LogP contribution < -0.4 is 16.0 Å². The summed E-state index contributed by atoms with van der Waals surface area (Å²) >= 11 is 1.17. The number of likely N-dealkylation sites (tertiary alicyclic amines) is 1. The quantitative estimate of drug-likeness (QED) is 0.160. The van der Waals surface area contributed by atoms with Gasteiger partial charge in [-0.15, -0.1) is 11.3 Å².